The molecule has 1 aromatic heterocycles. The van der Waals surface area contributed by atoms with E-state index in [2.05, 4.69) is 10.4 Å². The van der Waals surface area contributed by atoms with Gasteiger partial charge in [-0.25, -0.2) is 0 Å². The van der Waals surface area contributed by atoms with Gasteiger partial charge in [0, 0.05) is 14.1 Å². The standard InChI is InChI=1S/C5H10N4/c1-7-4-3-8-9(2)5(4)6/h3,7H,6H2,1-2H3. The molecule has 1 aromatic rings. The van der Waals surface area contributed by atoms with Crippen LogP contribution in [0.1, 0.15) is 0 Å². The highest BCUT2D eigenvalue weighted by Gasteiger charge is 1.98. The normalized spacial score (nSPS) is 9.56. The molecule has 4 heteroatoms. The van der Waals surface area contributed by atoms with E-state index >= 15 is 0 Å². The van der Waals surface area contributed by atoms with Gasteiger partial charge in [-0.1, -0.05) is 0 Å². The van der Waals surface area contributed by atoms with Gasteiger partial charge >= 0.3 is 0 Å². The molecule has 0 spiro atoms. The summed E-state index contributed by atoms with van der Waals surface area (Å²) in [6, 6.07) is 0. The monoisotopic (exact) mass is 126 g/mol. The lowest BCUT2D eigenvalue weighted by Gasteiger charge is -1.96. The molecule has 0 saturated heterocycles. The second-order valence-corrected chi connectivity index (χ2v) is 1.82. The molecule has 0 atom stereocenters. The zero-order valence-corrected chi connectivity index (χ0v) is 5.55. The van der Waals surface area contributed by atoms with Crippen LogP contribution in [0.5, 0.6) is 0 Å². The highest BCUT2D eigenvalue weighted by Crippen LogP contribution is 2.13. The van der Waals surface area contributed by atoms with Crippen molar-refractivity contribution in [2.45, 2.75) is 0 Å². The zero-order valence-electron chi connectivity index (χ0n) is 5.55. The van der Waals surface area contributed by atoms with E-state index in [1.165, 1.54) is 0 Å². The predicted octanol–water partition coefficient (Wildman–Crippen LogP) is 0.0440. The van der Waals surface area contributed by atoms with E-state index in [1.807, 2.05) is 7.05 Å². The summed E-state index contributed by atoms with van der Waals surface area (Å²) in [5.41, 5.74) is 6.42. The Labute approximate surface area is 53.7 Å². The first kappa shape index (κ1) is 5.94. The molecule has 1 rings (SSSR count). The van der Waals surface area contributed by atoms with E-state index in [4.69, 9.17) is 5.73 Å². The number of rotatable bonds is 1. The van der Waals surface area contributed by atoms with Crippen LogP contribution in [0.25, 0.3) is 0 Å². The van der Waals surface area contributed by atoms with E-state index < -0.39 is 0 Å². The average Bonchev–Trinajstić information content (AvgIpc) is 2.15. The summed E-state index contributed by atoms with van der Waals surface area (Å²) in [6.45, 7) is 0. The molecular formula is C5H10N4. The molecule has 0 aliphatic heterocycles. The molecule has 0 aromatic carbocycles. The van der Waals surface area contributed by atoms with Crippen LogP contribution in [0, 0.1) is 0 Å². The molecule has 9 heavy (non-hydrogen) atoms. The fourth-order valence-corrected chi connectivity index (χ4v) is 0.640. The second-order valence-electron chi connectivity index (χ2n) is 1.82. The molecule has 1 heterocycles. The van der Waals surface area contributed by atoms with Crippen molar-refractivity contribution in [1.29, 1.82) is 0 Å². The van der Waals surface area contributed by atoms with E-state index in [1.54, 1.807) is 17.9 Å². The van der Waals surface area contributed by atoms with Gasteiger partial charge in [-0.2, -0.15) is 5.10 Å². The summed E-state index contributed by atoms with van der Waals surface area (Å²) >= 11 is 0. The molecule has 0 unspecified atom stereocenters. The number of nitrogen functional groups attached to an aromatic ring is 1. The van der Waals surface area contributed by atoms with Crippen LogP contribution in [-0.4, -0.2) is 16.8 Å². The van der Waals surface area contributed by atoms with E-state index in [0.29, 0.717) is 5.82 Å². The lowest BCUT2D eigenvalue weighted by Crippen LogP contribution is -1.99. The van der Waals surface area contributed by atoms with Gasteiger partial charge in [0.1, 0.15) is 5.82 Å². The second kappa shape index (κ2) is 1.97. The van der Waals surface area contributed by atoms with Crippen LogP contribution in [0.2, 0.25) is 0 Å². The summed E-state index contributed by atoms with van der Waals surface area (Å²) in [5, 5.41) is 6.82. The average molecular weight is 126 g/mol. The highest BCUT2D eigenvalue weighted by atomic mass is 15.3. The molecule has 4 nitrogen and oxygen atoms in total. The van der Waals surface area contributed by atoms with Crippen molar-refractivity contribution in [1.82, 2.24) is 9.78 Å². The maximum atomic E-state index is 5.55. The Morgan fingerprint density at radius 1 is 1.78 bits per heavy atom. The Hall–Kier alpha value is -1.19. The van der Waals surface area contributed by atoms with Crippen molar-refractivity contribution in [3.05, 3.63) is 6.20 Å². The number of nitrogens with two attached hydrogens (primary N) is 1. The largest absolute Gasteiger partial charge is 0.384 e. The predicted molar refractivity (Wildman–Crippen MR) is 37.2 cm³/mol. The smallest absolute Gasteiger partial charge is 0.145 e. The number of hydrogen-bond donors (Lipinski definition) is 2. The minimum atomic E-state index is 0.664. The molecule has 0 saturated carbocycles. The van der Waals surface area contributed by atoms with Gasteiger partial charge in [-0.3, -0.25) is 4.68 Å². The number of anilines is 2. The van der Waals surface area contributed by atoms with Crippen LogP contribution < -0.4 is 11.1 Å². The lowest BCUT2D eigenvalue weighted by atomic mass is 10.5. The molecule has 0 amide bonds. The van der Waals surface area contributed by atoms with Gasteiger partial charge in [0.25, 0.3) is 0 Å². The van der Waals surface area contributed by atoms with Crippen molar-refractivity contribution in [3.8, 4) is 0 Å². The third-order valence-corrected chi connectivity index (χ3v) is 1.25. The minimum absolute atomic E-state index is 0.664. The first-order chi connectivity index (χ1) is 4.25. The molecule has 0 radical (unpaired) electrons. The lowest BCUT2D eigenvalue weighted by molar-refractivity contribution is 0.779. The SMILES string of the molecule is CNc1cnn(C)c1N. The summed E-state index contributed by atoms with van der Waals surface area (Å²) in [6.07, 6.45) is 1.69. The van der Waals surface area contributed by atoms with Crippen LogP contribution in [0.4, 0.5) is 11.5 Å². The zero-order chi connectivity index (χ0) is 6.85. The van der Waals surface area contributed by atoms with Gasteiger partial charge in [0.05, 0.1) is 11.9 Å². The Morgan fingerprint density at radius 2 is 2.44 bits per heavy atom. The first-order valence-electron chi connectivity index (χ1n) is 2.71. The van der Waals surface area contributed by atoms with Crippen LogP contribution in [-0.2, 0) is 7.05 Å². The molecule has 3 N–H and O–H groups in total. The van der Waals surface area contributed by atoms with Crippen LogP contribution in [0.15, 0.2) is 6.20 Å². The first-order valence-corrected chi connectivity index (χ1v) is 2.71. The molecule has 50 valence electrons. The van der Waals surface area contributed by atoms with Crippen LogP contribution >= 0.6 is 0 Å². The summed E-state index contributed by atoms with van der Waals surface area (Å²) < 4.78 is 1.62. The van der Waals surface area contributed by atoms with Crippen molar-refractivity contribution in [2.24, 2.45) is 7.05 Å². The Balaban J connectivity index is 3.04. The van der Waals surface area contributed by atoms with Crippen LogP contribution in [0.3, 0.4) is 0 Å². The third-order valence-electron chi connectivity index (χ3n) is 1.25. The Bertz CT molecular complexity index is 203. The molecule has 0 bridgehead atoms. The third kappa shape index (κ3) is 0.826. The summed E-state index contributed by atoms with van der Waals surface area (Å²) in [4.78, 5) is 0. The molecule has 0 aliphatic rings. The van der Waals surface area contributed by atoms with Crippen molar-refractivity contribution >= 4 is 11.5 Å². The fraction of sp³-hybridized carbons (Fsp3) is 0.400. The van der Waals surface area contributed by atoms with Gasteiger partial charge in [-0.15, -0.1) is 0 Å². The highest BCUT2D eigenvalue weighted by molar-refractivity contribution is 5.60. The number of hydrogen-bond acceptors (Lipinski definition) is 3. The quantitative estimate of drug-likeness (QED) is 0.558. The Morgan fingerprint density at radius 3 is 2.67 bits per heavy atom. The topological polar surface area (TPSA) is 55.9 Å². The van der Waals surface area contributed by atoms with Gasteiger partial charge in [0.15, 0.2) is 0 Å². The summed E-state index contributed by atoms with van der Waals surface area (Å²) in [7, 11) is 3.61. The van der Waals surface area contributed by atoms with Gasteiger partial charge in [-0.05, 0) is 0 Å². The van der Waals surface area contributed by atoms with Crippen molar-refractivity contribution < 1.29 is 0 Å². The van der Waals surface area contributed by atoms with E-state index in [9.17, 15) is 0 Å². The van der Waals surface area contributed by atoms with Crippen molar-refractivity contribution in [2.75, 3.05) is 18.1 Å². The van der Waals surface area contributed by atoms with E-state index in [0.717, 1.165) is 5.69 Å². The number of aryl methyl sites for hydroxylation is 1. The Kier molecular flexibility index (Phi) is 1.30. The van der Waals surface area contributed by atoms with Gasteiger partial charge in [0.2, 0.25) is 0 Å². The van der Waals surface area contributed by atoms with Gasteiger partial charge < -0.3 is 11.1 Å². The van der Waals surface area contributed by atoms with Crippen molar-refractivity contribution in [3.63, 3.8) is 0 Å². The number of nitrogens with one attached hydrogen (secondary N) is 1. The molecular weight excluding hydrogens is 116 g/mol. The maximum absolute atomic E-state index is 5.55. The molecule has 0 aliphatic carbocycles. The molecule has 0 fully saturated rings. The van der Waals surface area contributed by atoms with E-state index in [-0.39, 0.29) is 0 Å². The summed E-state index contributed by atoms with van der Waals surface area (Å²) in [5.74, 6) is 0.664. The fourth-order valence-electron chi connectivity index (χ4n) is 0.640. The maximum Gasteiger partial charge on any atom is 0.145 e. The minimum Gasteiger partial charge on any atom is -0.384 e. The number of nitrogens with zero attached hydrogens (tertiary/aromatic N) is 2. The number of aromatic nitrogens is 2.